The van der Waals surface area contributed by atoms with Crippen LogP contribution in [0.1, 0.15) is 52.1 Å². The number of H-pyrrole nitrogens is 1. The van der Waals surface area contributed by atoms with Crippen LogP contribution in [0.5, 0.6) is 0 Å². The first-order chi connectivity index (χ1) is 15.6. The van der Waals surface area contributed by atoms with E-state index in [0.29, 0.717) is 31.5 Å². The number of unbranched alkanes of at least 4 members (excludes halogenated alkanes) is 1. The molecule has 0 aliphatic heterocycles. The molecule has 0 saturated heterocycles. The highest BCUT2D eigenvalue weighted by Gasteiger charge is 2.29. The van der Waals surface area contributed by atoms with Crippen LogP contribution < -0.4 is 27.4 Å². The van der Waals surface area contributed by atoms with Crippen molar-refractivity contribution < 1.29 is 24.3 Å². The second kappa shape index (κ2) is 14.2. The van der Waals surface area contributed by atoms with E-state index >= 15 is 0 Å². The van der Waals surface area contributed by atoms with E-state index in [0.717, 1.165) is 0 Å². The number of nitrogens with one attached hydrogen (secondary N) is 4. The maximum Gasteiger partial charge on any atom is 0.326 e. The van der Waals surface area contributed by atoms with Crippen molar-refractivity contribution in [3.63, 3.8) is 0 Å². The minimum Gasteiger partial charge on any atom is -0.480 e. The SMILES string of the molecule is CCC(C)C(N)C(=O)NC(Cc1cnc[nH]1)C(=O)NC(C)C(=O)NC(CCCCN)C(=O)O. The molecule has 0 aliphatic rings. The Morgan fingerprint density at radius 3 is 2.27 bits per heavy atom. The van der Waals surface area contributed by atoms with Crippen molar-refractivity contribution in [2.75, 3.05) is 6.54 Å². The number of aromatic nitrogens is 2. The number of nitrogens with two attached hydrogens (primary N) is 2. The average molecular weight is 468 g/mol. The molecule has 5 unspecified atom stereocenters. The molecule has 0 spiro atoms. The number of hydrogen-bond donors (Lipinski definition) is 7. The van der Waals surface area contributed by atoms with E-state index in [-0.39, 0.29) is 18.8 Å². The van der Waals surface area contributed by atoms with E-state index in [9.17, 15) is 24.3 Å². The summed E-state index contributed by atoms with van der Waals surface area (Å²) in [5, 5.41) is 16.9. The topological polar surface area (TPSA) is 205 Å². The van der Waals surface area contributed by atoms with Crippen LogP contribution in [0.4, 0.5) is 0 Å². The summed E-state index contributed by atoms with van der Waals surface area (Å²) in [6.45, 7) is 5.61. The third-order valence-corrected chi connectivity index (χ3v) is 5.49. The summed E-state index contributed by atoms with van der Waals surface area (Å²) in [6, 6.07) is -3.92. The zero-order valence-electron chi connectivity index (χ0n) is 19.5. The van der Waals surface area contributed by atoms with Crippen molar-refractivity contribution in [2.45, 2.75) is 77.0 Å². The van der Waals surface area contributed by atoms with Gasteiger partial charge in [0.05, 0.1) is 12.4 Å². The van der Waals surface area contributed by atoms with E-state index in [1.807, 2.05) is 13.8 Å². The number of carbonyl (C=O) groups excluding carboxylic acids is 3. The first-order valence-corrected chi connectivity index (χ1v) is 11.2. The van der Waals surface area contributed by atoms with Gasteiger partial charge in [0.25, 0.3) is 0 Å². The Labute approximate surface area is 193 Å². The van der Waals surface area contributed by atoms with Gasteiger partial charge >= 0.3 is 5.97 Å². The molecule has 0 radical (unpaired) electrons. The first kappa shape index (κ1) is 28.0. The number of imidazole rings is 1. The van der Waals surface area contributed by atoms with Crippen LogP contribution in [0.2, 0.25) is 0 Å². The summed E-state index contributed by atoms with van der Waals surface area (Å²) in [5.41, 5.74) is 12.0. The molecule has 12 nitrogen and oxygen atoms in total. The predicted octanol–water partition coefficient (Wildman–Crippen LogP) is -0.986. The monoisotopic (exact) mass is 467 g/mol. The number of carbonyl (C=O) groups is 4. The second-order valence-corrected chi connectivity index (χ2v) is 8.17. The van der Waals surface area contributed by atoms with E-state index < -0.39 is 47.9 Å². The minimum atomic E-state index is -1.16. The van der Waals surface area contributed by atoms with Gasteiger partial charge in [-0.2, -0.15) is 0 Å². The Morgan fingerprint density at radius 2 is 1.73 bits per heavy atom. The zero-order chi connectivity index (χ0) is 25.0. The smallest absolute Gasteiger partial charge is 0.326 e. The predicted molar refractivity (Wildman–Crippen MR) is 122 cm³/mol. The van der Waals surface area contributed by atoms with Crippen molar-refractivity contribution in [3.8, 4) is 0 Å². The number of aromatic amines is 1. The van der Waals surface area contributed by atoms with Gasteiger partial charge in [0.15, 0.2) is 0 Å². The Kier molecular flexibility index (Phi) is 12.1. The highest BCUT2D eigenvalue weighted by atomic mass is 16.4. The minimum absolute atomic E-state index is 0.0854. The molecule has 0 aromatic carbocycles. The Morgan fingerprint density at radius 1 is 1.06 bits per heavy atom. The number of carboxylic acids is 1. The third-order valence-electron chi connectivity index (χ3n) is 5.49. The molecule has 186 valence electrons. The molecule has 1 aromatic heterocycles. The zero-order valence-corrected chi connectivity index (χ0v) is 19.5. The molecule has 1 rings (SSSR count). The molecule has 0 saturated carbocycles. The van der Waals surface area contributed by atoms with Crippen molar-refractivity contribution in [1.29, 1.82) is 0 Å². The van der Waals surface area contributed by atoms with Gasteiger partial charge in [-0.1, -0.05) is 20.3 Å². The fraction of sp³-hybridized carbons (Fsp3) is 0.667. The summed E-state index contributed by atoms with van der Waals surface area (Å²) in [7, 11) is 0. The van der Waals surface area contributed by atoms with Crippen LogP contribution in [0.15, 0.2) is 12.5 Å². The number of rotatable bonds is 15. The van der Waals surface area contributed by atoms with Crippen LogP contribution >= 0.6 is 0 Å². The molecule has 3 amide bonds. The van der Waals surface area contributed by atoms with Gasteiger partial charge in [0, 0.05) is 18.3 Å². The lowest BCUT2D eigenvalue weighted by Crippen LogP contribution is -2.57. The molecule has 12 heteroatoms. The molecule has 0 fully saturated rings. The second-order valence-electron chi connectivity index (χ2n) is 8.17. The van der Waals surface area contributed by atoms with Crippen LogP contribution in [0, 0.1) is 5.92 Å². The molecule has 9 N–H and O–H groups in total. The van der Waals surface area contributed by atoms with Crippen molar-refractivity contribution >= 4 is 23.7 Å². The number of hydrogen-bond acceptors (Lipinski definition) is 7. The summed E-state index contributed by atoms with van der Waals surface area (Å²) in [6.07, 6.45) is 5.18. The molecule has 1 aromatic rings. The Balaban J connectivity index is 2.82. The molecular weight excluding hydrogens is 430 g/mol. The lowest BCUT2D eigenvalue weighted by molar-refractivity contribution is -0.142. The largest absolute Gasteiger partial charge is 0.480 e. The fourth-order valence-corrected chi connectivity index (χ4v) is 3.03. The molecule has 5 atom stereocenters. The van der Waals surface area contributed by atoms with Crippen LogP contribution in [-0.2, 0) is 25.6 Å². The maximum absolute atomic E-state index is 12.9. The van der Waals surface area contributed by atoms with Gasteiger partial charge in [0.2, 0.25) is 17.7 Å². The first-order valence-electron chi connectivity index (χ1n) is 11.2. The molecule has 0 aliphatic carbocycles. The lowest BCUT2D eigenvalue weighted by Gasteiger charge is -2.24. The summed E-state index contributed by atoms with van der Waals surface area (Å²) >= 11 is 0. The highest BCUT2D eigenvalue weighted by Crippen LogP contribution is 2.07. The lowest BCUT2D eigenvalue weighted by atomic mass is 9.98. The van der Waals surface area contributed by atoms with Gasteiger partial charge in [-0.3, -0.25) is 14.4 Å². The molecule has 1 heterocycles. The van der Waals surface area contributed by atoms with Gasteiger partial charge in [-0.25, -0.2) is 9.78 Å². The third kappa shape index (κ3) is 9.58. The summed E-state index contributed by atoms with van der Waals surface area (Å²) < 4.78 is 0. The van der Waals surface area contributed by atoms with Crippen molar-refractivity contribution in [1.82, 2.24) is 25.9 Å². The van der Waals surface area contributed by atoms with Gasteiger partial charge < -0.3 is 37.5 Å². The van der Waals surface area contributed by atoms with Crippen LogP contribution in [0.25, 0.3) is 0 Å². The van der Waals surface area contributed by atoms with E-state index in [1.165, 1.54) is 19.4 Å². The highest BCUT2D eigenvalue weighted by molar-refractivity contribution is 5.94. The number of nitrogens with zero attached hydrogens (tertiary/aromatic N) is 1. The van der Waals surface area contributed by atoms with Crippen molar-refractivity contribution in [3.05, 3.63) is 18.2 Å². The molecule has 0 bridgehead atoms. The van der Waals surface area contributed by atoms with Gasteiger partial charge in [-0.05, 0) is 38.6 Å². The number of carboxylic acid groups (broad SMARTS) is 1. The van der Waals surface area contributed by atoms with E-state index in [2.05, 4.69) is 25.9 Å². The Bertz CT molecular complexity index is 771. The van der Waals surface area contributed by atoms with E-state index in [4.69, 9.17) is 11.5 Å². The summed E-state index contributed by atoms with van der Waals surface area (Å²) in [4.78, 5) is 56.1. The Hall–Kier alpha value is -2.99. The number of aliphatic carboxylic acids is 1. The normalized spacial score (nSPS) is 15.5. The molecule has 33 heavy (non-hydrogen) atoms. The number of amides is 3. The quantitative estimate of drug-likeness (QED) is 0.159. The van der Waals surface area contributed by atoms with Crippen molar-refractivity contribution in [2.24, 2.45) is 17.4 Å². The van der Waals surface area contributed by atoms with Crippen LogP contribution in [-0.4, -0.2) is 69.5 Å². The maximum atomic E-state index is 12.9. The fourth-order valence-electron chi connectivity index (χ4n) is 3.03. The molecular formula is C21H37N7O5. The van der Waals surface area contributed by atoms with Crippen LogP contribution in [0.3, 0.4) is 0 Å². The average Bonchev–Trinajstić information content (AvgIpc) is 3.29. The van der Waals surface area contributed by atoms with E-state index in [1.54, 1.807) is 0 Å². The van der Waals surface area contributed by atoms with Gasteiger partial charge in [0.1, 0.15) is 18.1 Å². The van der Waals surface area contributed by atoms with Gasteiger partial charge in [-0.15, -0.1) is 0 Å². The summed E-state index contributed by atoms with van der Waals surface area (Å²) in [5.74, 6) is -2.98. The standard InChI is InChI=1S/C21H37N7O5/c1-4-12(2)17(23)20(31)28-16(9-14-10-24-11-25-14)19(30)26-13(3)18(29)27-15(21(32)33)7-5-6-8-22/h10-13,15-17H,4-9,22-23H2,1-3H3,(H,24,25)(H,26,30)(H,27,29)(H,28,31)(H,32,33).